The van der Waals surface area contributed by atoms with Gasteiger partial charge in [-0.15, -0.1) is 5.10 Å². The Morgan fingerprint density at radius 2 is 1.92 bits per heavy atom. The lowest BCUT2D eigenvalue weighted by atomic mass is 10.0. The molecule has 8 heteroatoms. The zero-order chi connectivity index (χ0) is 17.1. The highest BCUT2D eigenvalue weighted by molar-refractivity contribution is 5.79. The summed E-state index contributed by atoms with van der Waals surface area (Å²) in [6.45, 7) is 6.96. The molecule has 0 saturated carbocycles. The monoisotopic (exact) mass is 348 g/mol. The number of ether oxygens (including phenoxy) is 1. The summed E-state index contributed by atoms with van der Waals surface area (Å²) in [6, 6.07) is 0. The molecule has 0 bridgehead atoms. The number of tetrazole rings is 1. The molecule has 8 nitrogen and oxygen atoms in total. The molecule has 0 aliphatic carbocycles. The van der Waals surface area contributed by atoms with Gasteiger partial charge in [0.25, 0.3) is 0 Å². The molecule has 1 aromatic rings. The zero-order valence-corrected chi connectivity index (χ0v) is 14.8. The topological polar surface area (TPSA) is 76.4 Å². The van der Waals surface area contributed by atoms with E-state index in [0.29, 0.717) is 11.8 Å². The largest absolute Gasteiger partial charge is 0.381 e. The summed E-state index contributed by atoms with van der Waals surface area (Å²) in [6.07, 6.45) is 5.42. The number of likely N-dealkylation sites (tertiary alicyclic amines) is 2. The first-order valence-electron chi connectivity index (χ1n) is 9.63. The van der Waals surface area contributed by atoms with Gasteiger partial charge in [0.2, 0.25) is 5.91 Å². The van der Waals surface area contributed by atoms with Crippen LogP contribution in [-0.4, -0.2) is 75.3 Å². The lowest BCUT2D eigenvalue weighted by Crippen LogP contribution is -2.35. The molecule has 4 rings (SSSR count). The van der Waals surface area contributed by atoms with Gasteiger partial charge in [0, 0.05) is 39.4 Å². The smallest absolute Gasteiger partial charge is 0.227 e. The van der Waals surface area contributed by atoms with Gasteiger partial charge < -0.3 is 9.64 Å². The zero-order valence-electron chi connectivity index (χ0n) is 14.8. The van der Waals surface area contributed by atoms with Crippen molar-refractivity contribution in [3.8, 4) is 0 Å². The third kappa shape index (κ3) is 4.00. The first kappa shape index (κ1) is 16.9. The van der Waals surface area contributed by atoms with Crippen LogP contribution in [0.4, 0.5) is 0 Å². The van der Waals surface area contributed by atoms with Crippen LogP contribution in [0, 0.1) is 11.8 Å². The first-order valence-corrected chi connectivity index (χ1v) is 9.63. The molecule has 4 heterocycles. The second kappa shape index (κ2) is 7.78. The van der Waals surface area contributed by atoms with Crippen LogP contribution in [0.1, 0.15) is 37.9 Å². The second-order valence-corrected chi connectivity index (χ2v) is 7.59. The Morgan fingerprint density at radius 3 is 2.72 bits per heavy atom. The van der Waals surface area contributed by atoms with Gasteiger partial charge in [0.05, 0.1) is 12.5 Å². The predicted molar refractivity (Wildman–Crippen MR) is 90.6 cm³/mol. The van der Waals surface area contributed by atoms with Crippen molar-refractivity contribution in [1.29, 1.82) is 0 Å². The fourth-order valence-electron chi connectivity index (χ4n) is 4.23. The third-order valence-corrected chi connectivity index (χ3v) is 5.78. The molecule has 1 unspecified atom stereocenters. The van der Waals surface area contributed by atoms with E-state index >= 15 is 0 Å². The van der Waals surface area contributed by atoms with E-state index in [9.17, 15) is 4.79 Å². The summed E-state index contributed by atoms with van der Waals surface area (Å²) < 4.78 is 7.38. The Labute approximate surface area is 148 Å². The van der Waals surface area contributed by atoms with Gasteiger partial charge in [-0.1, -0.05) is 0 Å². The lowest BCUT2D eigenvalue weighted by molar-refractivity contribution is -0.134. The van der Waals surface area contributed by atoms with Crippen molar-refractivity contribution in [2.75, 3.05) is 39.4 Å². The van der Waals surface area contributed by atoms with Crippen LogP contribution in [0.3, 0.4) is 0 Å². The van der Waals surface area contributed by atoms with Gasteiger partial charge >= 0.3 is 0 Å². The van der Waals surface area contributed by atoms with Gasteiger partial charge in [-0.3, -0.25) is 9.69 Å². The van der Waals surface area contributed by atoms with Crippen molar-refractivity contribution in [2.45, 2.75) is 45.2 Å². The Balaban J connectivity index is 1.31. The molecule has 138 valence electrons. The molecule has 3 aliphatic rings. The van der Waals surface area contributed by atoms with E-state index in [4.69, 9.17) is 4.74 Å². The molecule has 3 aliphatic heterocycles. The standard InChI is InChI=1S/C17H28N6O2/c24-17(22-6-1-2-7-22)15-3-8-21(12-15)13-16-18-19-20-23(16)11-14-4-9-25-10-5-14/h14-15H,1-13H2. The molecule has 0 spiro atoms. The quantitative estimate of drug-likeness (QED) is 0.773. The first-order chi connectivity index (χ1) is 12.3. The van der Waals surface area contributed by atoms with Crippen LogP contribution >= 0.6 is 0 Å². The highest BCUT2D eigenvalue weighted by Gasteiger charge is 2.33. The number of aromatic nitrogens is 4. The molecule has 1 aromatic heterocycles. The number of hydrogen-bond acceptors (Lipinski definition) is 6. The SMILES string of the molecule is O=C(C1CCN(Cc2nnnn2CC2CCOCC2)C1)N1CCCC1. The maximum atomic E-state index is 12.6. The van der Waals surface area contributed by atoms with Crippen molar-refractivity contribution in [3.05, 3.63) is 5.82 Å². The molecule has 0 radical (unpaired) electrons. The fraction of sp³-hybridized carbons (Fsp3) is 0.882. The van der Waals surface area contributed by atoms with Crippen molar-refractivity contribution >= 4 is 5.91 Å². The van der Waals surface area contributed by atoms with E-state index in [1.807, 2.05) is 9.58 Å². The minimum Gasteiger partial charge on any atom is -0.381 e. The Morgan fingerprint density at radius 1 is 1.12 bits per heavy atom. The van der Waals surface area contributed by atoms with Gasteiger partial charge in [-0.05, 0) is 55.0 Å². The summed E-state index contributed by atoms with van der Waals surface area (Å²) in [5, 5.41) is 12.3. The number of carbonyl (C=O) groups excluding carboxylic acids is 1. The minimum atomic E-state index is 0.151. The normalized spacial score (nSPS) is 25.8. The second-order valence-electron chi connectivity index (χ2n) is 7.59. The maximum absolute atomic E-state index is 12.6. The summed E-state index contributed by atoms with van der Waals surface area (Å²) in [7, 11) is 0. The molecular formula is C17H28N6O2. The van der Waals surface area contributed by atoms with Crippen molar-refractivity contribution in [3.63, 3.8) is 0 Å². The van der Waals surface area contributed by atoms with Gasteiger partial charge in [-0.25, -0.2) is 4.68 Å². The molecular weight excluding hydrogens is 320 g/mol. The Bertz CT molecular complexity index is 579. The van der Waals surface area contributed by atoms with Crippen molar-refractivity contribution in [1.82, 2.24) is 30.0 Å². The predicted octanol–water partition coefficient (Wildman–Crippen LogP) is 0.544. The minimum absolute atomic E-state index is 0.151. The van der Waals surface area contributed by atoms with E-state index in [-0.39, 0.29) is 5.92 Å². The average Bonchev–Trinajstić information content (AvgIpc) is 3.38. The summed E-state index contributed by atoms with van der Waals surface area (Å²) in [5.74, 6) is 2.01. The van der Waals surface area contributed by atoms with E-state index in [0.717, 1.165) is 90.4 Å². The summed E-state index contributed by atoms with van der Waals surface area (Å²) in [5.41, 5.74) is 0. The van der Waals surface area contributed by atoms with Gasteiger partial charge in [0.15, 0.2) is 5.82 Å². The van der Waals surface area contributed by atoms with E-state index in [2.05, 4.69) is 20.4 Å². The van der Waals surface area contributed by atoms with E-state index < -0.39 is 0 Å². The van der Waals surface area contributed by atoms with Gasteiger partial charge in [-0.2, -0.15) is 0 Å². The van der Waals surface area contributed by atoms with Crippen LogP contribution in [-0.2, 0) is 22.6 Å². The number of hydrogen-bond donors (Lipinski definition) is 0. The van der Waals surface area contributed by atoms with Crippen LogP contribution in [0.15, 0.2) is 0 Å². The fourth-order valence-corrected chi connectivity index (χ4v) is 4.23. The van der Waals surface area contributed by atoms with Crippen molar-refractivity contribution < 1.29 is 9.53 Å². The third-order valence-electron chi connectivity index (χ3n) is 5.78. The van der Waals surface area contributed by atoms with Gasteiger partial charge in [0.1, 0.15) is 0 Å². The number of rotatable bonds is 5. The Kier molecular flexibility index (Phi) is 5.26. The molecule has 0 aromatic carbocycles. The maximum Gasteiger partial charge on any atom is 0.227 e. The summed E-state index contributed by atoms with van der Waals surface area (Å²) in [4.78, 5) is 16.9. The number of nitrogens with zero attached hydrogens (tertiary/aromatic N) is 6. The van der Waals surface area contributed by atoms with E-state index in [1.54, 1.807) is 0 Å². The number of amides is 1. The molecule has 25 heavy (non-hydrogen) atoms. The molecule has 3 saturated heterocycles. The highest BCUT2D eigenvalue weighted by Crippen LogP contribution is 2.23. The van der Waals surface area contributed by atoms with Crippen LogP contribution in [0.25, 0.3) is 0 Å². The molecule has 3 fully saturated rings. The number of carbonyl (C=O) groups is 1. The van der Waals surface area contributed by atoms with Crippen LogP contribution in [0.2, 0.25) is 0 Å². The lowest BCUT2D eigenvalue weighted by Gasteiger charge is -2.23. The average molecular weight is 348 g/mol. The van der Waals surface area contributed by atoms with Crippen LogP contribution in [0.5, 0.6) is 0 Å². The van der Waals surface area contributed by atoms with Crippen molar-refractivity contribution in [2.24, 2.45) is 11.8 Å². The molecule has 1 amide bonds. The van der Waals surface area contributed by atoms with Crippen LogP contribution < -0.4 is 0 Å². The Hall–Kier alpha value is -1.54. The molecule has 0 N–H and O–H groups in total. The molecule has 1 atom stereocenters. The highest BCUT2D eigenvalue weighted by atomic mass is 16.5. The van der Waals surface area contributed by atoms with E-state index in [1.165, 1.54) is 0 Å². The summed E-state index contributed by atoms with van der Waals surface area (Å²) >= 11 is 0.